The Morgan fingerprint density at radius 1 is 1.43 bits per heavy atom. The number of guanidine groups is 1. The standard InChI is InChI=1S/C14H21Cl2N3O.HI/c1-3-10(2)19-14(17)18-6-7-20-9-11-4-5-12(15)8-13(11)16;/h4-5,8,10H,3,6-7,9H2,1-2H3,(H3,17,18,19);1H. The van der Waals surface area contributed by atoms with E-state index in [1.54, 1.807) is 12.1 Å². The number of aliphatic imine (C=N–C) groups is 1. The topological polar surface area (TPSA) is 59.6 Å². The van der Waals surface area contributed by atoms with Gasteiger partial charge in [-0.3, -0.25) is 4.99 Å². The molecule has 1 rings (SSSR count). The first-order valence-electron chi connectivity index (χ1n) is 6.61. The summed E-state index contributed by atoms with van der Waals surface area (Å²) in [5, 5.41) is 4.32. The van der Waals surface area contributed by atoms with Crippen LogP contribution in [0, 0.1) is 0 Å². The summed E-state index contributed by atoms with van der Waals surface area (Å²) < 4.78 is 5.50. The second-order valence-electron chi connectivity index (χ2n) is 4.51. The summed E-state index contributed by atoms with van der Waals surface area (Å²) in [5.41, 5.74) is 6.64. The lowest BCUT2D eigenvalue weighted by Gasteiger charge is -2.11. The Labute approximate surface area is 153 Å². The van der Waals surface area contributed by atoms with E-state index in [9.17, 15) is 0 Å². The summed E-state index contributed by atoms with van der Waals surface area (Å²) in [6.45, 7) is 5.58. The van der Waals surface area contributed by atoms with Crippen molar-refractivity contribution in [2.75, 3.05) is 13.2 Å². The van der Waals surface area contributed by atoms with Crippen LogP contribution in [0.25, 0.3) is 0 Å². The summed E-state index contributed by atoms with van der Waals surface area (Å²) >= 11 is 11.9. The van der Waals surface area contributed by atoms with Crippen LogP contribution in [0.15, 0.2) is 23.2 Å². The number of ether oxygens (including phenoxy) is 1. The van der Waals surface area contributed by atoms with E-state index in [0.717, 1.165) is 12.0 Å². The minimum atomic E-state index is 0. The second kappa shape index (κ2) is 11.3. The van der Waals surface area contributed by atoms with Gasteiger partial charge in [0, 0.05) is 16.1 Å². The predicted octanol–water partition coefficient (Wildman–Crippen LogP) is 3.83. The van der Waals surface area contributed by atoms with Gasteiger partial charge in [-0.05, 0) is 31.0 Å². The van der Waals surface area contributed by atoms with Gasteiger partial charge in [-0.2, -0.15) is 0 Å². The summed E-state index contributed by atoms with van der Waals surface area (Å²) in [7, 11) is 0. The molecule has 1 aromatic carbocycles. The van der Waals surface area contributed by atoms with Crippen molar-refractivity contribution in [2.45, 2.75) is 32.9 Å². The van der Waals surface area contributed by atoms with Gasteiger partial charge in [0.05, 0.1) is 19.8 Å². The van der Waals surface area contributed by atoms with Crippen molar-refractivity contribution in [3.63, 3.8) is 0 Å². The molecule has 0 fully saturated rings. The quantitative estimate of drug-likeness (QED) is 0.290. The fraction of sp³-hybridized carbons (Fsp3) is 0.500. The minimum absolute atomic E-state index is 0. The first-order chi connectivity index (χ1) is 9.52. The highest BCUT2D eigenvalue weighted by molar-refractivity contribution is 14.0. The number of nitrogens with zero attached hydrogens (tertiary/aromatic N) is 1. The molecule has 7 heteroatoms. The maximum Gasteiger partial charge on any atom is 0.188 e. The third-order valence-electron chi connectivity index (χ3n) is 2.80. The summed E-state index contributed by atoms with van der Waals surface area (Å²) in [6, 6.07) is 5.67. The number of benzene rings is 1. The van der Waals surface area contributed by atoms with Crippen LogP contribution >= 0.6 is 47.2 Å². The van der Waals surface area contributed by atoms with Crippen molar-refractivity contribution in [3.8, 4) is 0 Å². The molecule has 1 aromatic rings. The highest BCUT2D eigenvalue weighted by Crippen LogP contribution is 2.21. The molecule has 4 nitrogen and oxygen atoms in total. The molecule has 1 unspecified atom stereocenters. The normalized spacial score (nSPS) is 12.7. The van der Waals surface area contributed by atoms with Gasteiger partial charge < -0.3 is 15.8 Å². The molecule has 0 aliphatic carbocycles. The largest absolute Gasteiger partial charge is 0.375 e. The van der Waals surface area contributed by atoms with E-state index in [1.807, 2.05) is 6.07 Å². The molecule has 0 aliphatic rings. The van der Waals surface area contributed by atoms with Crippen LogP contribution in [0.1, 0.15) is 25.8 Å². The maximum absolute atomic E-state index is 6.04. The van der Waals surface area contributed by atoms with Crippen molar-refractivity contribution < 1.29 is 4.74 Å². The Balaban J connectivity index is 0.00000400. The van der Waals surface area contributed by atoms with Gasteiger partial charge >= 0.3 is 0 Å². The molecule has 0 bridgehead atoms. The van der Waals surface area contributed by atoms with Crippen LogP contribution in [-0.4, -0.2) is 25.2 Å². The van der Waals surface area contributed by atoms with Crippen LogP contribution < -0.4 is 11.1 Å². The maximum atomic E-state index is 6.04. The molecule has 0 spiro atoms. The Morgan fingerprint density at radius 2 is 2.14 bits per heavy atom. The number of nitrogens with one attached hydrogen (secondary N) is 1. The van der Waals surface area contributed by atoms with Gasteiger partial charge in [-0.15, -0.1) is 24.0 Å². The van der Waals surface area contributed by atoms with E-state index in [2.05, 4.69) is 24.2 Å². The summed E-state index contributed by atoms with van der Waals surface area (Å²) in [5.74, 6) is 0.451. The van der Waals surface area contributed by atoms with E-state index in [-0.39, 0.29) is 24.0 Å². The van der Waals surface area contributed by atoms with Gasteiger partial charge in [0.2, 0.25) is 0 Å². The molecule has 0 aliphatic heterocycles. The fourth-order valence-electron chi connectivity index (χ4n) is 1.45. The molecule has 0 aromatic heterocycles. The number of nitrogens with two attached hydrogens (primary N) is 1. The van der Waals surface area contributed by atoms with Crippen molar-refractivity contribution in [1.82, 2.24) is 5.32 Å². The molecule has 0 heterocycles. The number of halogens is 3. The molecule has 0 saturated carbocycles. The van der Waals surface area contributed by atoms with Crippen LogP contribution in [0.4, 0.5) is 0 Å². The van der Waals surface area contributed by atoms with Crippen molar-refractivity contribution in [3.05, 3.63) is 33.8 Å². The van der Waals surface area contributed by atoms with Crippen molar-refractivity contribution in [2.24, 2.45) is 10.7 Å². The third-order valence-corrected chi connectivity index (χ3v) is 3.38. The Hall–Kier alpha value is -0.240. The molecule has 0 amide bonds. The zero-order chi connectivity index (χ0) is 15.0. The number of hydrogen-bond acceptors (Lipinski definition) is 2. The highest BCUT2D eigenvalue weighted by atomic mass is 127. The van der Waals surface area contributed by atoms with E-state index in [1.165, 1.54) is 0 Å². The van der Waals surface area contributed by atoms with Gasteiger partial charge in [-0.25, -0.2) is 0 Å². The molecule has 0 radical (unpaired) electrons. The van der Waals surface area contributed by atoms with Gasteiger partial charge in [0.1, 0.15) is 0 Å². The van der Waals surface area contributed by atoms with Crippen LogP contribution in [0.3, 0.4) is 0 Å². The van der Waals surface area contributed by atoms with Crippen molar-refractivity contribution in [1.29, 1.82) is 0 Å². The minimum Gasteiger partial charge on any atom is -0.375 e. The molecule has 21 heavy (non-hydrogen) atoms. The van der Waals surface area contributed by atoms with Crippen LogP contribution in [0.2, 0.25) is 10.0 Å². The molecule has 3 N–H and O–H groups in total. The van der Waals surface area contributed by atoms with E-state index in [4.69, 9.17) is 33.7 Å². The Kier molecular flexibility index (Phi) is 11.2. The number of rotatable bonds is 7. The second-order valence-corrected chi connectivity index (χ2v) is 5.35. The molecule has 120 valence electrons. The predicted molar refractivity (Wildman–Crippen MR) is 101 cm³/mol. The zero-order valence-electron chi connectivity index (χ0n) is 12.2. The van der Waals surface area contributed by atoms with Crippen LogP contribution in [0.5, 0.6) is 0 Å². The average Bonchev–Trinajstić information content (AvgIpc) is 2.40. The van der Waals surface area contributed by atoms with Crippen LogP contribution in [-0.2, 0) is 11.3 Å². The third kappa shape index (κ3) is 8.70. The fourth-order valence-corrected chi connectivity index (χ4v) is 1.91. The first-order valence-corrected chi connectivity index (χ1v) is 7.36. The molecular formula is C14H22Cl2IN3O. The number of hydrogen-bond donors (Lipinski definition) is 2. The first kappa shape index (κ1) is 20.8. The van der Waals surface area contributed by atoms with E-state index >= 15 is 0 Å². The molecule has 0 saturated heterocycles. The van der Waals surface area contributed by atoms with Gasteiger partial charge in [0.25, 0.3) is 0 Å². The SMILES string of the molecule is CCC(C)NC(N)=NCCOCc1ccc(Cl)cc1Cl.I. The van der Waals surface area contributed by atoms with E-state index in [0.29, 0.717) is 41.8 Å². The summed E-state index contributed by atoms with van der Waals surface area (Å²) in [4.78, 5) is 4.18. The highest BCUT2D eigenvalue weighted by Gasteiger charge is 2.01. The lowest BCUT2D eigenvalue weighted by atomic mass is 10.2. The smallest absolute Gasteiger partial charge is 0.188 e. The van der Waals surface area contributed by atoms with Gasteiger partial charge in [0.15, 0.2) is 5.96 Å². The Bertz CT molecular complexity index is 458. The van der Waals surface area contributed by atoms with Crippen molar-refractivity contribution >= 4 is 53.1 Å². The summed E-state index contributed by atoms with van der Waals surface area (Å²) in [6.07, 6.45) is 1.00. The molecule has 1 atom stereocenters. The zero-order valence-corrected chi connectivity index (χ0v) is 16.1. The van der Waals surface area contributed by atoms with Gasteiger partial charge in [-0.1, -0.05) is 36.2 Å². The average molecular weight is 446 g/mol. The molecular weight excluding hydrogens is 424 g/mol. The lowest BCUT2D eigenvalue weighted by Crippen LogP contribution is -2.38. The Morgan fingerprint density at radius 3 is 2.76 bits per heavy atom. The lowest BCUT2D eigenvalue weighted by molar-refractivity contribution is 0.128. The van der Waals surface area contributed by atoms with E-state index < -0.39 is 0 Å². The monoisotopic (exact) mass is 445 g/mol.